The summed E-state index contributed by atoms with van der Waals surface area (Å²) in [5.41, 5.74) is 3.30. The molecule has 1 aromatic heterocycles. The van der Waals surface area contributed by atoms with Crippen LogP contribution in [0.15, 0.2) is 60.7 Å². The van der Waals surface area contributed by atoms with E-state index in [1.807, 2.05) is 60.7 Å². The molecule has 3 rings (SSSR count). The van der Waals surface area contributed by atoms with Crippen molar-refractivity contribution in [2.24, 2.45) is 0 Å². The lowest BCUT2D eigenvalue weighted by atomic mass is 10.0. The molecular formula is C18H15BrN2O. The molecular weight excluding hydrogens is 340 g/mol. The molecule has 0 saturated heterocycles. The summed E-state index contributed by atoms with van der Waals surface area (Å²) >= 11 is 3.32. The zero-order chi connectivity index (χ0) is 15.4. The van der Waals surface area contributed by atoms with E-state index in [1.165, 1.54) is 0 Å². The monoisotopic (exact) mass is 354 g/mol. The van der Waals surface area contributed by atoms with Crippen molar-refractivity contribution in [3.63, 3.8) is 0 Å². The zero-order valence-corrected chi connectivity index (χ0v) is 13.5. The average Bonchev–Trinajstić information content (AvgIpc) is 2.59. The Bertz CT molecular complexity index is 803. The maximum absolute atomic E-state index is 12.4. The van der Waals surface area contributed by atoms with Crippen LogP contribution in [0.4, 0.5) is 0 Å². The minimum atomic E-state index is -0.0739. The van der Waals surface area contributed by atoms with Gasteiger partial charge in [-0.05, 0) is 12.1 Å². The maximum Gasteiger partial charge on any atom is 0.252 e. The van der Waals surface area contributed by atoms with E-state index in [0.29, 0.717) is 12.1 Å². The smallest absolute Gasteiger partial charge is 0.252 e. The molecule has 0 spiro atoms. The van der Waals surface area contributed by atoms with Gasteiger partial charge in [0.1, 0.15) is 0 Å². The van der Waals surface area contributed by atoms with E-state index in [2.05, 4.69) is 26.2 Å². The van der Waals surface area contributed by atoms with Crippen LogP contribution in [-0.4, -0.2) is 22.8 Å². The van der Waals surface area contributed by atoms with Gasteiger partial charge in [-0.3, -0.25) is 4.79 Å². The Balaban J connectivity index is 2.14. The SMILES string of the molecule is O=C(NCCBr)c1cc(-c2ccccc2)nc2ccccc12. The summed E-state index contributed by atoms with van der Waals surface area (Å²) in [6.07, 6.45) is 0. The zero-order valence-electron chi connectivity index (χ0n) is 11.9. The van der Waals surface area contributed by atoms with Gasteiger partial charge in [0.25, 0.3) is 5.91 Å². The fourth-order valence-corrected chi connectivity index (χ4v) is 2.57. The Hall–Kier alpha value is -2.20. The number of nitrogens with one attached hydrogen (secondary N) is 1. The van der Waals surface area contributed by atoms with Crippen LogP contribution >= 0.6 is 15.9 Å². The number of hydrogen-bond acceptors (Lipinski definition) is 2. The van der Waals surface area contributed by atoms with E-state index in [0.717, 1.165) is 27.5 Å². The molecule has 0 aliphatic carbocycles. The van der Waals surface area contributed by atoms with Crippen LogP contribution in [0, 0.1) is 0 Å². The first-order valence-electron chi connectivity index (χ1n) is 7.09. The first-order chi connectivity index (χ1) is 10.8. The lowest BCUT2D eigenvalue weighted by Crippen LogP contribution is -2.25. The number of rotatable bonds is 4. The van der Waals surface area contributed by atoms with Crippen molar-refractivity contribution in [3.8, 4) is 11.3 Å². The predicted molar refractivity (Wildman–Crippen MR) is 93.3 cm³/mol. The molecule has 4 heteroatoms. The van der Waals surface area contributed by atoms with Gasteiger partial charge in [0, 0.05) is 22.8 Å². The Morgan fingerprint density at radius 3 is 2.55 bits per heavy atom. The van der Waals surface area contributed by atoms with Gasteiger partial charge in [0.2, 0.25) is 0 Å². The highest BCUT2D eigenvalue weighted by Crippen LogP contribution is 2.24. The van der Waals surface area contributed by atoms with Gasteiger partial charge in [0.15, 0.2) is 0 Å². The molecule has 110 valence electrons. The number of benzene rings is 2. The highest BCUT2D eigenvalue weighted by molar-refractivity contribution is 9.09. The number of alkyl halides is 1. The molecule has 0 bridgehead atoms. The molecule has 22 heavy (non-hydrogen) atoms. The van der Waals surface area contributed by atoms with Gasteiger partial charge in [-0.2, -0.15) is 0 Å². The lowest BCUT2D eigenvalue weighted by Gasteiger charge is -2.10. The largest absolute Gasteiger partial charge is 0.351 e. The predicted octanol–water partition coefficient (Wildman–Crippen LogP) is 4.03. The van der Waals surface area contributed by atoms with Gasteiger partial charge in [-0.15, -0.1) is 0 Å². The number of carbonyl (C=O) groups excluding carboxylic acids is 1. The molecule has 1 amide bonds. The van der Waals surface area contributed by atoms with Gasteiger partial charge >= 0.3 is 0 Å². The van der Waals surface area contributed by atoms with Crippen molar-refractivity contribution in [2.75, 3.05) is 11.9 Å². The summed E-state index contributed by atoms with van der Waals surface area (Å²) in [5.74, 6) is -0.0739. The number of fused-ring (bicyclic) bond motifs is 1. The second-order valence-electron chi connectivity index (χ2n) is 4.88. The van der Waals surface area contributed by atoms with Crippen LogP contribution in [0.3, 0.4) is 0 Å². The summed E-state index contributed by atoms with van der Waals surface area (Å²) in [7, 11) is 0. The van der Waals surface area contributed by atoms with E-state index in [4.69, 9.17) is 0 Å². The lowest BCUT2D eigenvalue weighted by molar-refractivity contribution is 0.0958. The van der Waals surface area contributed by atoms with Crippen molar-refractivity contribution in [1.82, 2.24) is 10.3 Å². The van der Waals surface area contributed by atoms with Crippen molar-refractivity contribution >= 4 is 32.7 Å². The quantitative estimate of drug-likeness (QED) is 0.718. The van der Waals surface area contributed by atoms with Gasteiger partial charge in [0.05, 0.1) is 16.8 Å². The van der Waals surface area contributed by atoms with Crippen molar-refractivity contribution in [1.29, 1.82) is 0 Å². The molecule has 0 unspecified atom stereocenters. The number of aromatic nitrogens is 1. The molecule has 3 aromatic rings. The van der Waals surface area contributed by atoms with E-state index >= 15 is 0 Å². The Morgan fingerprint density at radius 2 is 1.77 bits per heavy atom. The summed E-state index contributed by atoms with van der Waals surface area (Å²) in [6.45, 7) is 0.593. The first-order valence-corrected chi connectivity index (χ1v) is 8.21. The molecule has 1 N–H and O–H groups in total. The number of pyridine rings is 1. The fraction of sp³-hybridized carbons (Fsp3) is 0.111. The number of amides is 1. The van der Waals surface area contributed by atoms with E-state index in [9.17, 15) is 4.79 Å². The number of carbonyl (C=O) groups is 1. The van der Waals surface area contributed by atoms with Crippen molar-refractivity contribution in [2.45, 2.75) is 0 Å². The second kappa shape index (κ2) is 6.71. The first kappa shape index (κ1) is 14.7. The van der Waals surface area contributed by atoms with Crippen LogP contribution in [-0.2, 0) is 0 Å². The Labute approximate surface area is 137 Å². The van der Waals surface area contributed by atoms with Crippen LogP contribution in [0.2, 0.25) is 0 Å². The van der Waals surface area contributed by atoms with Crippen molar-refractivity contribution in [3.05, 3.63) is 66.2 Å². The third-order valence-corrected chi connectivity index (χ3v) is 3.81. The van der Waals surface area contributed by atoms with Crippen LogP contribution in [0.5, 0.6) is 0 Å². The molecule has 0 atom stereocenters. The summed E-state index contributed by atoms with van der Waals surface area (Å²) in [4.78, 5) is 17.1. The minimum absolute atomic E-state index is 0.0739. The van der Waals surface area contributed by atoms with Crippen LogP contribution in [0.1, 0.15) is 10.4 Å². The molecule has 0 fully saturated rings. The molecule has 3 nitrogen and oxygen atoms in total. The summed E-state index contributed by atoms with van der Waals surface area (Å²) < 4.78 is 0. The maximum atomic E-state index is 12.4. The third kappa shape index (κ3) is 3.02. The molecule has 0 radical (unpaired) electrons. The Kier molecular flexibility index (Phi) is 4.49. The Morgan fingerprint density at radius 1 is 1.05 bits per heavy atom. The number of nitrogens with zero attached hydrogens (tertiary/aromatic N) is 1. The van der Waals surface area contributed by atoms with Gasteiger partial charge < -0.3 is 5.32 Å². The molecule has 2 aromatic carbocycles. The average molecular weight is 355 g/mol. The van der Waals surface area contributed by atoms with E-state index in [-0.39, 0.29) is 5.91 Å². The van der Waals surface area contributed by atoms with Crippen molar-refractivity contribution < 1.29 is 4.79 Å². The second-order valence-corrected chi connectivity index (χ2v) is 5.68. The van der Waals surface area contributed by atoms with Gasteiger partial charge in [-0.25, -0.2) is 4.98 Å². The number of halogens is 1. The van der Waals surface area contributed by atoms with E-state index < -0.39 is 0 Å². The molecule has 0 aliphatic heterocycles. The topological polar surface area (TPSA) is 42.0 Å². The minimum Gasteiger partial charge on any atom is -0.351 e. The summed E-state index contributed by atoms with van der Waals surface area (Å²) in [6, 6.07) is 19.5. The highest BCUT2D eigenvalue weighted by atomic mass is 79.9. The normalized spacial score (nSPS) is 10.6. The third-order valence-electron chi connectivity index (χ3n) is 3.41. The molecule has 0 aliphatic rings. The summed E-state index contributed by atoms with van der Waals surface area (Å²) in [5, 5.41) is 4.51. The number of hydrogen-bond donors (Lipinski definition) is 1. The fourth-order valence-electron chi connectivity index (χ4n) is 2.38. The van der Waals surface area contributed by atoms with E-state index in [1.54, 1.807) is 0 Å². The number of para-hydroxylation sites is 1. The van der Waals surface area contributed by atoms with Crippen LogP contribution in [0.25, 0.3) is 22.2 Å². The highest BCUT2D eigenvalue weighted by Gasteiger charge is 2.13. The van der Waals surface area contributed by atoms with Gasteiger partial charge in [-0.1, -0.05) is 64.5 Å². The standard InChI is InChI=1S/C18H15BrN2O/c19-10-11-20-18(22)15-12-17(13-6-2-1-3-7-13)21-16-9-5-4-8-14(15)16/h1-9,12H,10-11H2,(H,20,22). The molecule has 1 heterocycles. The van der Waals surface area contributed by atoms with Crippen LogP contribution < -0.4 is 5.32 Å². The molecule has 0 saturated carbocycles.